The first kappa shape index (κ1) is 15.8. The van der Waals surface area contributed by atoms with Crippen molar-refractivity contribution in [1.82, 2.24) is 4.98 Å². The second-order valence-electron chi connectivity index (χ2n) is 5.22. The fourth-order valence-corrected chi connectivity index (χ4v) is 2.88. The van der Waals surface area contributed by atoms with Crippen LogP contribution in [0.1, 0.15) is 28.0 Å². The van der Waals surface area contributed by atoms with Crippen molar-refractivity contribution in [2.75, 3.05) is 11.4 Å². The summed E-state index contributed by atoms with van der Waals surface area (Å²) in [7, 11) is 0. The molecule has 1 aromatic carbocycles. The van der Waals surface area contributed by atoms with Crippen molar-refractivity contribution in [2.45, 2.75) is 19.0 Å². The topological polar surface area (TPSA) is 33.2 Å². The van der Waals surface area contributed by atoms with Gasteiger partial charge < -0.3 is 4.90 Å². The Morgan fingerprint density at radius 3 is 2.61 bits per heavy atom. The van der Waals surface area contributed by atoms with Crippen LogP contribution in [0, 0.1) is 0 Å². The van der Waals surface area contributed by atoms with E-state index in [9.17, 15) is 18.0 Å². The Bertz CT molecular complexity index is 761. The molecule has 1 aliphatic heterocycles. The molecule has 0 N–H and O–H groups in total. The highest BCUT2D eigenvalue weighted by Crippen LogP contribution is 2.32. The maximum absolute atomic E-state index is 12.7. The number of fused-ring (bicyclic) bond motifs is 1. The number of benzene rings is 1. The second-order valence-corrected chi connectivity index (χ2v) is 5.58. The SMILES string of the molecule is O=C(c1ccc(C(F)(F)F)nc1Cl)N1CCCc2ccccc21. The lowest BCUT2D eigenvalue weighted by Crippen LogP contribution is -2.35. The van der Waals surface area contributed by atoms with Gasteiger partial charge in [-0.25, -0.2) is 4.98 Å². The summed E-state index contributed by atoms with van der Waals surface area (Å²) in [5, 5.41) is -0.437. The molecule has 23 heavy (non-hydrogen) atoms. The minimum Gasteiger partial charge on any atom is -0.308 e. The summed E-state index contributed by atoms with van der Waals surface area (Å²) in [6, 6.07) is 9.31. The van der Waals surface area contributed by atoms with E-state index in [2.05, 4.69) is 4.98 Å². The van der Waals surface area contributed by atoms with Crippen LogP contribution in [0.5, 0.6) is 0 Å². The van der Waals surface area contributed by atoms with Crippen molar-refractivity contribution in [1.29, 1.82) is 0 Å². The summed E-state index contributed by atoms with van der Waals surface area (Å²) in [6.07, 6.45) is -2.95. The molecule has 0 fully saturated rings. The molecule has 0 radical (unpaired) electrons. The Morgan fingerprint density at radius 1 is 1.17 bits per heavy atom. The van der Waals surface area contributed by atoms with Crippen molar-refractivity contribution in [3.05, 3.63) is 58.4 Å². The van der Waals surface area contributed by atoms with Gasteiger partial charge >= 0.3 is 6.18 Å². The monoisotopic (exact) mass is 340 g/mol. The molecule has 0 aliphatic carbocycles. The third-order valence-electron chi connectivity index (χ3n) is 3.72. The van der Waals surface area contributed by atoms with Crippen molar-refractivity contribution >= 4 is 23.2 Å². The van der Waals surface area contributed by atoms with Crippen molar-refractivity contribution in [3.8, 4) is 0 Å². The van der Waals surface area contributed by atoms with Gasteiger partial charge in [-0.1, -0.05) is 29.8 Å². The third kappa shape index (κ3) is 3.03. The molecule has 1 amide bonds. The van der Waals surface area contributed by atoms with E-state index in [1.54, 1.807) is 0 Å². The minimum absolute atomic E-state index is 0.0311. The number of hydrogen-bond acceptors (Lipinski definition) is 2. The van der Waals surface area contributed by atoms with Gasteiger partial charge in [0, 0.05) is 12.2 Å². The molecule has 3 rings (SSSR count). The zero-order chi connectivity index (χ0) is 16.6. The van der Waals surface area contributed by atoms with E-state index < -0.39 is 22.9 Å². The molecule has 2 aromatic rings. The van der Waals surface area contributed by atoms with E-state index in [0.29, 0.717) is 6.54 Å². The van der Waals surface area contributed by atoms with Crippen LogP contribution in [-0.2, 0) is 12.6 Å². The molecule has 2 heterocycles. The van der Waals surface area contributed by atoms with Gasteiger partial charge in [0.05, 0.1) is 5.56 Å². The van der Waals surface area contributed by atoms with E-state index in [4.69, 9.17) is 11.6 Å². The lowest BCUT2D eigenvalue weighted by atomic mass is 10.0. The number of amides is 1. The van der Waals surface area contributed by atoms with Crippen LogP contribution >= 0.6 is 11.6 Å². The van der Waals surface area contributed by atoms with Gasteiger partial charge in [-0.15, -0.1) is 0 Å². The molecule has 0 unspecified atom stereocenters. The van der Waals surface area contributed by atoms with Crippen LogP contribution in [0.15, 0.2) is 36.4 Å². The van der Waals surface area contributed by atoms with E-state index in [0.717, 1.165) is 36.2 Å². The summed E-state index contributed by atoms with van der Waals surface area (Å²) in [5.74, 6) is -0.441. The van der Waals surface area contributed by atoms with Crippen LogP contribution in [0.3, 0.4) is 0 Å². The van der Waals surface area contributed by atoms with Crippen molar-refractivity contribution in [2.24, 2.45) is 0 Å². The maximum Gasteiger partial charge on any atom is 0.433 e. The first-order valence-corrected chi connectivity index (χ1v) is 7.39. The predicted octanol–water partition coefficient (Wildman–Crippen LogP) is 4.35. The third-order valence-corrected chi connectivity index (χ3v) is 4.01. The standard InChI is InChI=1S/C16H12ClF3N2O/c17-14-11(7-8-13(21-14)16(18,19)20)15(23)22-9-3-5-10-4-1-2-6-12(10)22/h1-2,4,6-8H,3,5,9H2. The first-order chi connectivity index (χ1) is 10.9. The quantitative estimate of drug-likeness (QED) is 0.723. The molecule has 0 saturated heterocycles. The smallest absolute Gasteiger partial charge is 0.308 e. The lowest BCUT2D eigenvalue weighted by molar-refractivity contribution is -0.141. The summed E-state index contributed by atoms with van der Waals surface area (Å²) in [6.45, 7) is 0.493. The summed E-state index contributed by atoms with van der Waals surface area (Å²) in [4.78, 5) is 17.5. The van der Waals surface area contributed by atoms with Crippen LogP contribution in [0.25, 0.3) is 0 Å². The normalized spacial score (nSPS) is 14.5. The van der Waals surface area contributed by atoms with Gasteiger partial charge in [0.25, 0.3) is 5.91 Å². The van der Waals surface area contributed by atoms with Gasteiger partial charge in [0.2, 0.25) is 0 Å². The molecule has 0 atom stereocenters. The number of para-hydroxylation sites is 1. The Kier molecular flexibility index (Phi) is 4.02. The molecular weight excluding hydrogens is 329 g/mol. The molecule has 0 bridgehead atoms. The number of rotatable bonds is 1. The summed E-state index contributed by atoms with van der Waals surface area (Å²) in [5.41, 5.74) is 0.650. The molecule has 7 heteroatoms. The zero-order valence-corrected chi connectivity index (χ0v) is 12.7. The maximum atomic E-state index is 12.7. The van der Waals surface area contributed by atoms with E-state index in [-0.39, 0.29) is 5.56 Å². The first-order valence-electron chi connectivity index (χ1n) is 7.01. The van der Waals surface area contributed by atoms with Crippen molar-refractivity contribution < 1.29 is 18.0 Å². The van der Waals surface area contributed by atoms with Crippen LogP contribution in [0.4, 0.5) is 18.9 Å². The molecule has 1 aromatic heterocycles. The molecule has 0 saturated carbocycles. The second kappa shape index (κ2) is 5.85. The summed E-state index contributed by atoms with van der Waals surface area (Å²) >= 11 is 5.82. The largest absolute Gasteiger partial charge is 0.433 e. The number of hydrogen-bond donors (Lipinski definition) is 0. The van der Waals surface area contributed by atoms with E-state index in [1.807, 2.05) is 24.3 Å². The average molecular weight is 341 g/mol. The molecular formula is C16H12ClF3N2O. The number of halogens is 4. The number of nitrogens with zero attached hydrogens (tertiary/aromatic N) is 2. The summed E-state index contributed by atoms with van der Waals surface area (Å²) < 4.78 is 37.9. The fourth-order valence-electron chi connectivity index (χ4n) is 2.64. The molecule has 1 aliphatic rings. The zero-order valence-electron chi connectivity index (χ0n) is 11.9. The van der Waals surface area contributed by atoms with Gasteiger partial charge in [-0.3, -0.25) is 4.79 Å². The van der Waals surface area contributed by atoms with E-state index in [1.165, 1.54) is 4.90 Å². The molecule has 0 spiro atoms. The Morgan fingerprint density at radius 2 is 1.91 bits per heavy atom. The number of aromatic nitrogens is 1. The number of alkyl halides is 3. The Balaban J connectivity index is 1.96. The lowest BCUT2D eigenvalue weighted by Gasteiger charge is -2.29. The molecule has 3 nitrogen and oxygen atoms in total. The van der Waals surface area contributed by atoms with E-state index >= 15 is 0 Å². The highest BCUT2D eigenvalue weighted by Gasteiger charge is 2.34. The highest BCUT2D eigenvalue weighted by atomic mass is 35.5. The van der Waals surface area contributed by atoms with Crippen LogP contribution in [-0.4, -0.2) is 17.4 Å². The Labute approximate surface area is 135 Å². The van der Waals surface area contributed by atoms with Crippen LogP contribution in [0.2, 0.25) is 5.15 Å². The number of carbonyl (C=O) groups is 1. The van der Waals surface area contributed by atoms with Gasteiger partial charge in [-0.2, -0.15) is 13.2 Å². The number of aryl methyl sites for hydroxylation is 1. The number of anilines is 1. The van der Waals surface area contributed by atoms with Crippen molar-refractivity contribution in [3.63, 3.8) is 0 Å². The van der Waals surface area contributed by atoms with Gasteiger partial charge in [0.15, 0.2) is 0 Å². The van der Waals surface area contributed by atoms with Gasteiger partial charge in [0.1, 0.15) is 10.8 Å². The highest BCUT2D eigenvalue weighted by molar-refractivity contribution is 6.33. The number of carbonyl (C=O) groups excluding carboxylic acids is 1. The Hall–Kier alpha value is -2.08. The minimum atomic E-state index is -4.59. The number of pyridine rings is 1. The predicted molar refractivity (Wildman–Crippen MR) is 80.7 cm³/mol. The fraction of sp³-hybridized carbons (Fsp3) is 0.250. The van der Waals surface area contributed by atoms with Crippen LogP contribution < -0.4 is 4.90 Å². The average Bonchev–Trinajstić information content (AvgIpc) is 2.53. The van der Waals surface area contributed by atoms with Gasteiger partial charge in [-0.05, 0) is 36.6 Å². The molecule has 120 valence electrons.